The number of nitrogens with zero attached hydrogens (tertiary/aromatic N) is 1. The molecule has 1 aliphatic heterocycles. The molecule has 2 aliphatic rings. The van der Waals surface area contributed by atoms with Crippen LogP contribution in [0.5, 0.6) is 11.5 Å². The number of hydrogen-bond donors (Lipinski definition) is 1. The lowest BCUT2D eigenvalue weighted by molar-refractivity contribution is -0.134. The third kappa shape index (κ3) is 3.05. The second kappa shape index (κ2) is 6.94. The Morgan fingerprint density at radius 2 is 1.88 bits per heavy atom. The Labute approximate surface area is 148 Å². The first kappa shape index (κ1) is 17.6. The van der Waals surface area contributed by atoms with Crippen molar-refractivity contribution >= 4 is 11.8 Å². The first-order valence-electron chi connectivity index (χ1n) is 8.80. The number of likely N-dealkylation sites (tertiary alicyclic amines) is 1. The third-order valence-corrected chi connectivity index (χ3v) is 5.56. The van der Waals surface area contributed by atoms with Crippen LogP contribution in [0.4, 0.5) is 0 Å². The molecule has 0 radical (unpaired) electrons. The van der Waals surface area contributed by atoms with E-state index in [2.05, 4.69) is 5.32 Å². The monoisotopic (exact) mass is 346 g/mol. The maximum absolute atomic E-state index is 13.2. The van der Waals surface area contributed by atoms with Crippen molar-refractivity contribution in [2.75, 3.05) is 27.8 Å². The molecule has 3 rings (SSSR count). The molecule has 1 saturated heterocycles. The lowest BCUT2D eigenvalue weighted by atomic mass is 9.77. The van der Waals surface area contributed by atoms with Crippen LogP contribution in [0.3, 0.4) is 0 Å². The molecule has 1 heterocycles. The summed E-state index contributed by atoms with van der Waals surface area (Å²) < 4.78 is 10.7. The van der Waals surface area contributed by atoms with Gasteiger partial charge in [0.1, 0.15) is 6.04 Å². The van der Waals surface area contributed by atoms with Gasteiger partial charge in [0, 0.05) is 13.6 Å². The summed E-state index contributed by atoms with van der Waals surface area (Å²) in [5, 5.41) is 3.00. The fourth-order valence-electron chi connectivity index (χ4n) is 4.01. The van der Waals surface area contributed by atoms with Crippen LogP contribution in [0.25, 0.3) is 0 Å². The Morgan fingerprint density at radius 1 is 1.20 bits per heavy atom. The number of ether oxygens (including phenoxy) is 2. The third-order valence-electron chi connectivity index (χ3n) is 5.56. The van der Waals surface area contributed by atoms with Gasteiger partial charge in [-0.1, -0.05) is 18.9 Å². The van der Waals surface area contributed by atoms with Crippen LogP contribution in [-0.4, -0.2) is 50.6 Å². The summed E-state index contributed by atoms with van der Waals surface area (Å²) in [6.45, 7) is 0.688. The number of carbonyl (C=O) groups is 2. The van der Waals surface area contributed by atoms with Crippen LogP contribution in [0.2, 0.25) is 0 Å². The smallest absolute Gasteiger partial charge is 0.244 e. The van der Waals surface area contributed by atoms with Crippen LogP contribution in [0, 0.1) is 0 Å². The molecule has 2 fully saturated rings. The van der Waals surface area contributed by atoms with E-state index in [1.165, 1.54) is 0 Å². The van der Waals surface area contributed by atoms with Crippen molar-refractivity contribution in [1.82, 2.24) is 10.2 Å². The van der Waals surface area contributed by atoms with Gasteiger partial charge >= 0.3 is 0 Å². The number of nitrogens with one attached hydrogen (secondary N) is 1. The van der Waals surface area contributed by atoms with Crippen LogP contribution in [0.1, 0.15) is 37.7 Å². The van der Waals surface area contributed by atoms with Crippen molar-refractivity contribution in [3.8, 4) is 11.5 Å². The maximum Gasteiger partial charge on any atom is 0.244 e. The summed E-state index contributed by atoms with van der Waals surface area (Å²) in [6, 6.07) is 5.27. The van der Waals surface area contributed by atoms with Crippen molar-refractivity contribution in [3.05, 3.63) is 23.8 Å². The summed E-state index contributed by atoms with van der Waals surface area (Å²) >= 11 is 0. The lowest BCUT2D eigenvalue weighted by Crippen LogP contribution is -2.49. The summed E-state index contributed by atoms with van der Waals surface area (Å²) in [5.41, 5.74) is 0.333. The number of hydrogen-bond acceptors (Lipinski definition) is 4. The molecule has 0 aromatic heterocycles. The van der Waals surface area contributed by atoms with Gasteiger partial charge in [-0.05, 0) is 37.0 Å². The maximum atomic E-state index is 13.2. The second-order valence-corrected chi connectivity index (χ2v) is 6.93. The first-order valence-corrected chi connectivity index (χ1v) is 8.80. The molecule has 1 N–H and O–H groups in total. The molecular weight excluding hydrogens is 320 g/mol. The Bertz CT molecular complexity index is 667. The van der Waals surface area contributed by atoms with Gasteiger partial charge in [0.05, 0.1) is 19.6 Å². The predicted molar refractivity (Wildman–Crippen MR) is 93.9 cm³/mol. The normalized spacial score (nSPS) is 22.1. The quantitative estimate of drug-likeness (QED) is 0.884. The van der Waals surface area contributed by atoms with E-state index in [1.807, 2.05) is 18.2 Å². The Morgan fingerprint density at radius 3 is 2.44 bits per heavy atom. The van der Waals surface area contributed by atoms with Gasteiger partial charge in [0.2, 0.25) is 11.8 Å². The van der Waals surface area contributed by atoms with Crippen molar-refractivity contribution < 1.29 is 19.1 Å². The number of benzene rings is 1. The zero-order valence-corrected chi connectivity index (χ0v) is 15.1. The van der Waals surface area contributed by atoms with Crippen molar-refractivity contribution in [2.24, 2.45) is 0 Å². The minimum absolute atomic E-state index is 0.00573. The fourth-order valence-corrected chi connectivity index (χ4v) is 4.01. The zero-order chi connectivity index (χ0) is 18.0. The van der Waals surface area contributed by atoms with E-state index in [0.717, 1.165) is 31.2 Å². The van der Waals surface area contributed by atoms with Crippen LogP contribution in [0.15, 0.2) is 18.2 Å². The molecule has 0 bridgehead atoms. The molecule has 136 valence electrons. The van der Waals surface area contributed by atoms with Crippen LogP contribution in [-0.2, 0) is 15.0 Å². The molecule has 2 amide bonds. The minimum atomic E-state index is -0.596. The average Bonchev–Trinajstić information content (AvgIpc) is 3.24. The fraction of sp³-hybridized carbons (Fsp3) is 0.579. The molecule has 1 aliphatic carbocycles. The largest absolute Gasteiger partial charge is 0.493 e. The van der Waals surface area contributed by atoms with Crippen molar-refractivity contribution in [3.63, 3.8) is 0 Å². The first-order chi connectivity index (χ1) is 12.0. The van der Waals surface area contributed by atoms with E-state index in [1.54, 1.807) is 26.2 Å². The highest BCUT2D eigenvalue weighted by Crippen LogP contribution is 2.44. The highest BCUT2D eigenvalue weighted by Gasteiger charge is 2.45. The van der Waals surface area contributed by atoms with Crippen LogP contribution < -0.4 is 14.8 Å². The molecule has 1 aromatic carbocycles. The summed E-state index contributed by atoms with van der Waals surface area (Å²) in [7, 11) is 4.96. The highest BCUT2D eigenvalue weighted by atomic mass is 16.5. The van der Waals surface area contributed by atoms with E-state index in [0.29, 0.717) is 24.5 Å². The van der Waals surface area contributed by atoms with E-state index < -0.39 is 11.5 Å². The molecule has 1 aromatic rings. The number of likely N-dealkylation sites (N-methyl/N-ethyl adjacent to an activating group) is 1. The molecule has 1 saturated carbocycles. The number of rotatable bonds is 5. The summed E-state index contributed by atoms with van der Waals surface area (Å²) in [6.07, 6.45) is 4.24. The topological polar surface area (TPSA) is 67.9 Å². The van der Waals surface area contributed by atoms with Gasteiger partial charge in [-0.2, -0.15) is 0 Å². The van der Waals surface area contributed by atoms with Crippen molar-refractivity contribution in [1.29, 1.82) is 0 Å². The number of carbonyl (C=O) groups excluding carboxylic acids is 2. The highest BCUT2D eigenvalue weighted by molar-refractivity contribution is 5.94. The molecule has 1 atom stereocenters. The van der Waals surface area contributed by atoms with Gasteiger partial charge in [-0.3, -0.25) is 9.59 Å². The van der Waals surface area contributed by atoms with Gasteiger partial charge in [0.15, 0.2) is 11.5 Å². The predicted octanol–water partition coefficient (Wildman–Crippen LogP) is 1.86. The standard InChI is InChI=1S/C19H26N2O4/c1-21-11-8-14(17(21)22)20-18(23)19(9-4-5-10-19)13-6-7-15(24-2)16(12-13)25-3/h6-7,12,14H,4-5,8-11H2,1-3H3,(H,20,23). The van der Waals surface area contributed by atoms with E-state index >= 15 is 0 Å². The van der Waals surface area contributed by atoms with E-state index in [9.17, 15) is 9.59 Å². The average molecular weight is 346 g/mol. The molecule has 6 nitrogen and oxygen atoms in total. The molecule has 6 heteroatoms. The molecule has 25 heavy (non-hydrogen) atoms. The molecule has 0 spiro atoms. The Kier molecular flexibility index (Phi) is 4.88. The van der Waals surface area contributed by atoms with Gasteiger partial charge < -0.3 is 19.7 Å². The minimum Gasteiger partial charge on any atom is -0.493 e. The SMILES string of the molecule is COc1ccc(C2(C(=O)NC3CCN(C)C3=O)CCCC2)cc1OC. The molecular formula is C19H26N2O4. The number of methoxy groups -OCH3 is 2. The lowest BCUT2D eigenvalue weighted by Gasteiger charge is -2.30. The number of amides is 2. The summed E-state index contributed by atoms with van der Waals surface area (Å²) in [4.78, 5) is 27.0. The zero-order valence-electron chi connectivity index (χ0n) is 15.1. The van der Waals surface area contributed by atoms with Crippen molar-refractivity contribution in [2.45, 2.75) is 43.6 Å². The van der Waals surface area contributed by atoms with E-state index in [-0.39, 0.29) is 11.8 Å². The second-order valence-electron chi connectivity index (χ2n) is 6.93. The molecule has 1 unspecified atom stereocenters. The Balaban J connectivity index is 1.89. The van der Waals surface area contributed by atoms with Gasteiger partial charge in [0.25, 0.3) is 0 Å². The van der Waals surface area contributed by atoms with Gasteiger partial charge in [-0.25, -0.2) is 0 Å². The Hall–Kier alpha value is -2.24. The summed E-state index contributed by atoms with van der Waals surface area (Å²) in [5.74, 6) is 1.21. The van der Waals surface area contributed by atoms with Crippen LogP contribution >= 0.6 is 0 Å². The van der Waals surface area contributed by atoms with Gasteiger partial charge in [-0.15, -0.1) is 0 Å². The van der Waals surface area contributed by atoms with E-state index in [4.69, 9.17) is 9.47 Å².